The van der Waals surface area contributed by atoms with Gasteiger partial charge in [-0.25, -0.2) is 4.79 Å². The number of primary amides is 2. The minimum atomic E-state index is -0.564. The Balaban J connectivity index is 2.15. The number of fused-ring (bicyclic) bond motifs is 1. The van der Waals surface area contributed by atoms with E-state index in [1.165, 1.54) is 4.90 Å². The second-order valence-corrected chi connectivity index (χ2v) is 7.80. The third kappa shape index (κ3) is 3.83. The van der Waals surface area contributed by atoms with Gasteiger partial charge in [0.15, 0.2) is 0 Å². The largest absolute Gasteiger partial charge is 0.366 e. The van der Waals surface area contributed by atoms with Crippen molar-refractivity contribution in [1.29, 1.82) is 0 Å². The average Bonchev–Trinajstić information content (AvgIpc) is 2.99. The minimum absolute atomic E-state index is 0.185. The van der Waals surface area contributed by atoms with Crippen LogP contribution in [-0.2, 0) is 13.1 Å². The van der Waals surface area contributed by atoms with Gasteiger partial charge in [0.25, 0.3) is 5.91 Å². The lowest BCUT2D eigenvalue weighted by Gasteiger charge is -2.27. The fraction of sp³-hybridized carbons (Fsp3) is 0.368. The summed E-state index contributed by atoms with van der Waals surface area (Å²) in [6.45, 7) is 6.65. The fourth-order valence-electron chi connectivity index (χ4n) is 3.17. The number of amides is 4. The standard InChI is InChI=1S/C19H24N6O3/c1-19(2,3)22-17(27)14-13-10-24(18(21)28)7-8-25(13)23-15(14)11-5-4-6-12(9-11)16(20)26/h4-6,9H,7-8,10H2,1-3H3,(H2,20,26)(H2,21,28)(H,22,27). The molecule has 0 spiro atoms. The lowest BCUT2D eigenvalue weighted by Crippen LogP contribution is -2.44. The van der Waals surface area contributed by atoms with Crippen LogP contribution in [0.3, 0.4) is 0 Å². The van der Waals surface area contributed by atoms with Crippen LogP contribution in [0.25, 0.3) is 11.3 Å². The van der Waals surface area contributed by atoms with Crippen molar-refractivity contribution in [2.24, 2.45) is 11.5 Å². The molecule has 1 aromatic carbocycles. The van der Waals surface area contributed by atoms with Gasteiger partial charge in [0.2, 0.25) is 5.91 Å². The van der Waals surface area contributed by atoms with Gasteiger partial charge in [-0.1, -0.05) is 12.1 Å². The van der Waals surface area contributed by atoms with Crippen LogP contribution < -0.4 is 16.8 Å². The number of carbonyl (C=O) groups excluding carboxylic acids is 3. The number of carbonyl (C=O) groups is 3. The Bertz CT molecular complexity index is 957. The van der Waals surface area contributed by atoms with Crippen molar-refractivity contribution in [3.63, 3.8) is 0 Å². The highest BCUT2D eigenvalue weighted by molar-refractivity contribution is 6.02. The van der Waals surface area contributed by atoms with Gasteiger partial charge in [-0.3, -0.25) is 14.3 Å². The van der Waals surface area contributed by atoms with Crippen molar-refractivity contribution < 1.29 is 14.4 Å². The zero-order chi connectivity index (χ0) is 20.6. The summed E-state index contributed by atoms with van der Waals surface area (Å²) in [4.78, 5) is 37.8. The molecule has 0 atom stereocenters. The molecule has 0 bridgehead atoms. The Morgan fingerprint density at radius 3 is 2.46 bits per heavy atom. The summed E-state index contributed by atoms with van der Waals surface area (Å²) in [5, 5.41) is 7.54. The first kappa shape index (κ1) is 19.4. The van der Waals surface area contributed by atoms with Gasteiger partial charge in [-0.05, 0) is 32.9 Å². The van der Waals surface area contributed by atoms with E-state index in [2.05, 4.69) is 10.4 Å². The second-order valence-electron chi connectivity index (χ2n) is 7.80. The average molecular weight is 384 g/mol. The predicted octanol–water partition coefficient (Wildman–Crippen LogP) is 1.07. The third-order valence-corrected chi connectivity index (χ3v) is 4.43. The Morgan fingerprint density at radius 1 is 1.14 bits per heavy atom. The number of benzene rings is 1. The molecule has 9 heteroatoms. The second kappa shape index (κ2) is 6.99. The maximum Gasteiger partial charge on any atom is 0.315 e. The monoisotopic (exact) mass is 384 g/mol. The summed E-state index contributed by atoms with van der Waals surface area (Å²) in [7, 11) is 0. The normalized spacial score (nSPS) is 13.8. The molecular formula is C19H24N6O3. The smallest absolute Gasteiger partial charge is 0.315 e. The van der Waals surface area contributed by atoms with Crippen LogP contribution in [0.2, 0.25) is 0 Å². The van der Waals surface area contributed by atoms with Gasteiger partial charge < -0.3 is 21.7 Å². The molecule has 4 amide bonds. The first-order valence-corrected chi connectivity index (χ1v) is 8.93. The highest BCUT2D eigenvalue weighted by Gasteiger charge is 2.31. The quantitative estimate of drug-likeness (QED) is 0.729. The van der Waals surface area contributed by atoms with Crippen LogP contribution in [0, 0.1) is 0 Å². The Kier molecular flexibility index (Phi) is 4.84. The van der Waals surface area contributed by atoms with Gasteiger partial charge in [-0.2, -0.15) is 5.10 Å². The van der Waals surface area contributed by atoms with E-state index in [4.69, 9.17) is 11.5 Å². The van der Waals surface area contributed by atoms with Crippen LogP contribution in [0.15, 0.2) is 24.3 Å². The van der Waals surface area contributed by atoms with Gasteiger partial charge >= 0.3 is 6.03 Å². The molecule has 2 aromatic rings. The molecule has 0 saturated carbocycles. The van der Waals surface area contributed by atoms with Crippen molar-refractivity contribution in [1.82, 2.24) is 20.0 Å². The van der Waals surface area contributed by atoms with Crippen LogP contribution in [0.4, 0.5) is 4.79 Å². The zero-order valence-corrected chi connectivity index (χ0v) is 16.2. The molecule has 0 fully saturated rings. The summed E-state index contributed by atoms with van der Waals surface area (Å²) in [5.74, 6) is -0.869. The number of hydrogen-bond acceptors (Lipinski definition) is 4. The van der Waals surface area contributed by atoms with Crippen LogP contribution in [0.5, 0.6) is 0 Å². The molecule has 2 heterocycles. The number of aromatic nitrogens is 2. The molecule has 3 rings (SSSR count). The maximum absolute atomic E-state index is 13.1. The minimum Gasteiger partial charge on any atom is -0.366 e. The van der Waals surface area contributed by atoms with Gasteiger partial charge in [0.1, 0.15) is 5.69 Å². The van der Waals surface area contributed by atoms with Crippen LogP contribution in [0.1, 0.15) is 47.2 Å². The van der Waals surface area contributed by atoms with Crippen LogP contribution >= 0.6 is 0 Å². The first-order valence-electron chi connectivity index (χ1n) is 8.93. The molecule has 9 nitrogen and oxygen atoms in total. The Labute approximate surface area is 162 Å². The molecule has 1 aliphatic rings. The van der Waals surface area contributed by atoms with Crippen molar-refractivity contribution >= 4 is 17.8 Å². The molecular weight excluding hydrogens is 360 g/mol. The van der Waals surface area contributed by atoms with E-state index >= 15 is 0 Å². The summed E-state index contributed by atoms with van der Waals surface area (Å²) < 4.78 is 1.71. The van der Waals surface area contributed by atoms with E-state index in [0.717, 1.165) is 0 Å². The molecule has 1 aliphatic heterocycles. The number of rotatable bonds is 3. The fourth-order valence-corrected chi connectivity index (χ4v) is 3.17. The van der Waals surface area contributed by atoms with E-state index in [-0.39, 0.29) is 12.5 Å². The van der Waals surface area contributed by atoms with E-state index in [9.17, 15) is 14.4 Å². The lowest BCUT2D eigenvalue weighted by molar-refractivity contribution is 0.0916. The molecule has 1 aromatic heterocycles. The molecule has 148 valence electrons. The third-order valence-electron chi connectivity index (χ3n) is 4.43. The topological polar surface area (TPSA) is 136 Å². The van der Waals surface area contributed by atoms with E-state index in [1.54, 1.807) is 28.9 Å². The molecule has 0 radical (unpaired) electrons. The predicted molar refractivity (Wildman–Crippen MR) is 103 cm³/mol. The Hall–Kier alpha value is -3.36. The number of nitrogens with one attached hydrogen (secondary N) is 1. The number of urea groups is 1. The van der Waals surface area contributed by atoms with E-state index in [1.807, 2.05) is 20.8 Å². The molecule has 0 unspecified atom stereocenters. The van der Waals surface area contributed by atoms with Crippen molar-refractivity contribution in [3.8, 4) is 11.3 Å². The highest BCUT2D eigenvalue weighted by Crippen LogP contribution is 2.29. The number of nitrogens with two attached hydrogens (primary N) is 2. The van der Waals surface area contributed by atoms with Crippen LogP contribution in [-0.4, -0.2) is 44.6 Å². The SMILES string of the molecule is CC(C)(C)NC(=O)c1c(-c2cccc(C(N)=O)c2)nn2c1CN(C(N)=O)CC2. The summed E-state index contributed by atoms with van der Waals surface area (Å²) in [5.41, 5.74) is 12.7. The van der Waals surface area contributed by atoms with Crippen molar-refractivity contribution in [3.05, 3.63) is 41.1 Å². The molecule has 0 saturated heterocycles. The van der Waals surface area contributed by atoms with Gasteiger partial charge in [0, 0.05) is 23.2 Å². The molecule has 5 N–H and O–H groups in total. The Morgan fingerprint density at radius 2 is 1.86 bits per heavy atom. The van der Waals surface area contributed by atoms with Gasteiger partial charge in [-0.15, -0.1) is 0 Å². The molecule has 0 aliphatic carbocycles. The summed E-state index contributed by atoms with van der Waals surface area (Å²) in [6, 6.07) is 6.11. The van der Waals surface area contributed by atoms with E-state index < -0.39 is 17.5 Å². The first-order chi connectivity index (χ1) is 13.1. The van der Waals surface area contributed by atoms with E-state index in [0.29, 0.717) is 41.2 Å². The van der Waals surface area contributed by atoms with Crippen molar-refractivity contribution in [2.45, 2.75) is 39.4 Å². The number of hydrogen-bond donors (Lipinski definition) is 3. The van der Waals surface area contributed by atoms with Gasteiger partial charge in [0.05, 0.1) is 24.3 Å². The van der Waals surface area contributed by atoms with Crippen molar-refractivity contribution in [2.75, 3.05) is 6.54 Å². The lowest BCUT2D eigenvalue weighted by atomic mass is 10.0. The highest BCUT2D eigenvalue weighted by atomic mass is 16.2. The number of nitrogens with zero attached hydrogens (tertiary/aromatic N) is 3. The maximum atomic E-state index is 13.1. The summed E-state index contributed by atoms with van der Waals surface area (Å²) >= 11 is 0. The molecule has 28 heavy (non-hydrogen) atoms. The summed E-state index contributed by atoms with van der Waals surface area (Å²) in [6.07, 6.45) is 0. The zero-order valence-electron chi connectivity index (χ0n) is 16.2.